The Morgan fingerprint density at radius 2 is 1.90 bits per heavy atom. The number of aryl methyl sites for hydroxylation is 1. The molecule has 0 saturated carbocycles. The molecule has 2 rings (SSSR count). The van der Waals surface area contributed by atoms with E-state index in [1.54, 1.807) is 42.5 Å². The highest BCUT2D eigenvalue weighted by molar-refractivity contribution is 6.05. The minimum Gasteiger partial charge on any atom is -0.287 e. The molecule has 0 unspecified atom stereocenters. The Morgan fingerprint density at radius 3 is 2.40 bits per heavy atom. The van der Waals surface area contributed by atoms with Gasteiger partial charge in [-0.1, -0.05) is 20.8 Å². The summed E-state index contributed by atoms with van der Waals surface area (Å²) in [6.07, 6.45) is 8.36. The van der Waals surface area contributed by atoms with E-state index in [1.165, 1.54) is 6.08 Å². The molecule has 0 spiro atoms. The maximum atomic E-state index is 11.9. The lowest BCUT2D eigenvalue weighted by atomic mass is 9.96. The van der Waals surface area contributed by atoms with Crippen LogP contribution < -0.4 is 0 Å². The first-order valence-electron chi connectivity index (χ1n) is 6.41. The van der Waals surface area contributed by atoms with E-state index in [2.05, 4.69) is 35.8 Å². The fourth-order valence-corrected chi connectivity index (χ4v) is 1.62. The zero-order valence-electron chi connectivity index (χ0n) is 12.2. The standard InChI is InChI=1S/C15H18N4O/c1-15(2,3)14-16-9-11(10-17-14)5-6-13(20)12-7-8-19(4)18-12/h5-10H,1-4H3. The molecule has 2 aromatic heterocycles. The largest absolute Gasteiger partial charge is 0.287 e. The molecule has 0 aliphatic heterocycles. The predicted octanol–water partition coefficient (Wildman–Crippen LogP) is 2.40. The smallest absolute Gasteiger partial charge is 0.206 e. The Labute approximate surface area is 118 Å². The normalized spacial score (nSPS) is 12.0. The van der Waals surface area contributed by atoms with Crippen LogP contribution in [0.25, 0.3) is 6.08 Å². The Kier molecular flexibility index (Phi) is 3.79. The molecule has 0 saturated heterocycles. The third-order valence-corrected chi connectivity index (χ3v) is 2.74. The summed E-state index contributed by atoms with van der Waals surface area (Å²) >= 11 is 0. The van der Waals surface area contributed by atoms with E-state index in [9.17, 15) is 4.79 Å². The van der Waals surface area contributed by atoms with Gasteiger partial charge in [0.15, 0.2) is 0 Å². The molecular formula is C15H18N4O. The molecule has 0 N–H and O–H groups in total. The molecule has 0 aromatic carbocycles. The number of nitrogens with zero attached hydrogens (tertiary/aromatic N) is 4. The van der Waals surface area contributed by atoms with E-state index in [-0.39, 0.29) is 11.2 Å². The Bertz CT molecular complexity index is 633. The summed E-state index contributed by atoms with van der Waals surface area (Å²) < 4.78 is 1.60. The molecule has 5 heteroatoms. The maximum absolute atomic E-state index is 11.9. The van der Waals surface area contributed by atoms with Crippen LogP contribution in [0.4, 0.5) is 0 Å². The number of hydrogen-bond donors (Lipinski definition) is 0. The number of carbonyl (C=O) groups is 1. The molecular weight excluding hydrogens is 252 g/mol. The van der Waals surface area contributed by atoms with Crippen molar-refractivity contribution in [3.63, 3.8) is 0 Å². The van der Waals surface area contributed by atoms with Gasteiger partial charge in [0.2, 0.25) is 5.78 Å². The molecule has 0 radical (unpaired) electrons. The van der Waals surface area contributed by atoms with Crippen LogP contribution >= 0.6 is 0 Å². The van der Waals surface area contributed by atoms with Gasteiger partial charge < -0.3 is 0 Å². The van der Waals surface area contributed by atoms with Gasteiger partial charge in [0.1, 0.15) is 11.5 Å². The van der Waals surface area contributed by atoms with E-state index in [0.717, 1.165) is 11.4 Å². The summed E-state index contributed by atoms with van der Waals surface area (Å²) in [5, 5.41) is 4.05. The second-order valence-corrected chi connectivity index (χ2v) is 5.66. The molecule has 2 aromatic rings. The molecule has 0 atom stereocenters. The lowest BCUT2D eigenvalue weighted by Crippen LogP contribution is -2.15. The van der Waals surface area contributed by atoms with Gasteiger partial charge in [0.25, 0.3) is 0 Å². The van der Waals surface area contributed by atoms with Gasteiger partial charge in [-0.2, -0.15) is 5.10 Å². The van der Waals surface area contributed by atoms with Crippen molar-refractivity contribution in [3.8, 4) is 0 Å². The summed E-state index contributed by atoms with van der Waals surface area (Å²) in [7, 11) is 1.78. The zero-order valence-corrected chi connectivity index (χ0v) is 12.2. The van der Waals surface area contributed by atoms with Crippen molar-refractivity contribution in [2.75, 3.05) is 0 Å². The highest BCUT2D eigenvalue weighted by Gasteiger charge is 2.16. The molecule has 104 valence electrons. The molecule has 0 aliphatic carbocycles. The summed E-state index contributed by atoms with van der Waals surface area (Å²) in [6.45, 7) is 6.17. The number of hydrogen-bond acceptors (Lipinski definition) is 4. The molecule has 20 heavy (non-hydrogen) atoms. The third-order valence-electron chi connectivity index (χ3n) is 2.74. The van der Waals surface area contributed by atoms with Crippen molar-refractivity contribution in [2.45, 2.75) is 26.2 Å². The lowest BCUT2D eigenvalue weighted by Gasteiger charge is -2.15. The monoisotopic (exact) mass is 270 g/mol. The molecule has 2 heterocycles. The van der Waals surface area contributed by atoms with Crippen molar-refractivity contribution in [3.05, 3.63) is 47.8 Å². The van der Waals surface area contributed by atoms with Crippen molar-refractivity contribution in [2.24, 2.45) is 7.05 Å². The van der Waals surface area contributed by atoms with E-state index in [4.69, 9.17) is 0 Å². The number of rotatable bonds is 3. The third kappa shape index (κ3) is 3.38. The molecule has 0 bridgehead atoms. The van der Waals surface area contributed by atoms with Gasteiger partial charge in [-0.05, 0) is 18.2 Å². The summed E-state index contributed by atoms with van der Waals surface area (Å²) in [5.74, 6) is 0.649. The van der Waals surface area contributed by atoms with E-state index < -0.39 is 0 Å². The topological polar surface area (TPSA) is 60.7 Å². The second kappa shape index (κ2) is 5.36. The average Bonchev–Trinajstić information content (AvgIpc) is 2.82. The first kappa shape index (κ1) is 14.1. The number of carbonyl (C=O) groups excluding carboxylic acids is 1. The minimum atomic E-state index is -0.134. The molecule has 5 nitrogen and oxygen atoms in total. The van der Waals surface area contributed by atoms with Gasteiger partial charge in [-0.25, -0.2) is 9.97 Å². The Morgan fingerprint density at radius 1 is 1.25 bits per heavy atom. The van der Waals surface area contributed by atoms with Crippen molar-refractivity contribution in [1.82, 2.24) is 19.7 Å². The van der Waals surface area contributed by atoms with Crippen molar-refractivity contribution >= 4 is 11.9 Å². The fraction of sp³-hybridized carbons (Fsp3) is 0.333. The van der Waals surface area contributed by atoms with Crippen LogP contribution in [0.15, 0.2) is 30.7 Å². The predicted molar refractivity (Wildman–Crippen MR) is 77.3 cm³/mol. The highest BCUT2D eigenvalue weighted by atomic mass is 16.1. The fourth-order valence-electron chi connectivity index (χ4n) is 1.62. The number of aromatic nitrogens is 4. The Hall–Kier alpha value is -2.30. The van der Waals surface area contributed by atoms with Crippen LogP contribution in [0, 0.1) is 0 Å². The van der Waals surface area contributed by atoms with Gasteiger partial charge in [0.05, 0.1) is 0 Å². The summed E-state index contributed by atoms with van der Waals surface area (Å²) in [6, 6.07) is 1.69. The molecule has 0 aliphatic rings. The summed E-state index contributed by atoms with van der Waals surface area (Å²) in [5.41, 5.74) is 1.14. The van der Waals surface area contributed by atoms with E-state index >= 15 is 0 Å². The highest BCUT2D eigenvalue weighted by Crippen LogP contribution is 2.17. The number of ketones is 1. The molecule has 0 fully saturated rings. The lowest BCUT2D eigenvalue weighted by molar-refractivity contribution is 0.104. The van der Waals surface area contributed by atoms with E-state index in [1.807, 2.05) is 0 Å². The second-order valence-electron chi connectivity index (χ2n) is 5.66. The SMILES string of the molecule is Cn1ccc(C(=O)C=Cc2cnc(C(C)(C)C)nc2)n1. The maximum Gasteiger partial charge on any atom is 0.206 e. The van der Waals surface area contributed by atoms with Crippen LogP contribution in [0.2, 0.25) is 0 Å². The first-order valence-corrected chi connectivity index (χ1v) is 6.41. The van der Waals surface area contributed by atoms with Crippen LogP contribution in [0.1, 0.15) is 42.6 Å². The minimum absolute atomic E-state index is 0.0774. The van der Waals surface area contributed by atoms with Crippen LogP contribution in [-0.4, -0.2) is 25.5 Å². The Balaban J connectivity index is 2.10. The zero-order chi connectivity index (χ0) is 14.8. The van der Waals surface area contributed by atoms with Gasteiger partial charge in [0, 0.05) is 36.6 Å². The van der Waals surface area contributed by atoms with Gasteiger partial charge in [-0.3, -0.25) is 9.48 Å². The average molecular weight is 270 g/mol. The van der Waals surface area contributed by atoms with Crippen LogP contribution in [0.3, 0.4) is 0 Å². The quantitative estimate of drug-likeness (QED) is 0.634. The van der Waals surface area contributed by atoms with Crippen molar-refractivity contribution < 1.29 is 4.79 Å². The van der Waals surface area contributed by atoms with Crippen molar-refractivity contribution in [1.29, 1.82) is 0 Å². The molecule has 0 amide bonds. The van der Waals surface area contributed by atoms with Gasteiger partial charge in [-0.15, -0.1) is 0 Å². The summed E-state index contributed by atoms with van der Waals surface area (Å²) in [4.78, 5) is 20.5. The van der Waals surface area contributed by atoms with Crippen LogP contribution in [0.5, 0.6) is 0 Å². The van der Waals surface area contributed by atoms with Crippen LogP contribution in [-0.2, 0) is 12.5 Å². The van der Waals surface area contributed by atoms with E-state index in [0.29, 0.717) is 5.69 Å². The first-order chi connectivity index (χ1) is 9.36. The number of allylic oxidation sites excluding steroid dienone is 1. The van der Waals surface area contributed by atoms with Gasteiger partial charge >= 0.3 is 0 Å².